The average Bonchev–Trinajstić information content (AvgIpc) is 2.57. The summed E-state index contributed by atoms with van der Waals surface area (Å²) in [5, 5.41) is 23.6. The van der Waals surface area contributed by atoms with Crippen LogP contribution in [0.15, 0.2) is 12.1 Å². The molecule has 1 aromatic carbocycles. The van der Waals surface area contributed by atoms with E-state index in [1.807, 2.05) is 11.8 Å². The first-order valence-corrected chi connectivity index (χ1v) is 8.48. The lowest BCUT2D eigenvalue weighted by Gasteiger charge is -2.42. The van der Waals surface area contributed by atoms with Crippen LogP contribution in [0.2, 0.25) is 0 Å². The van der Waals surface area contributed by atoms with Crippen LogP contribution in [0, 0.1) is 10.1 Å². The van der Waals surface area contributed by atoms with Gasteiger partial charge in [-0.1, -0.05) is 6.92 Å². The van der Waals surface area contributed by atoms with Gasteiger partial charge in [0.25, 0.3) is 5.69 Å². The van der Waals surface area contributed by atoms with Crippen molar-refractivity contribution in [2.24, 2.45) is 0 Å². The molecular weight excluding hydrogens is 342 g/mol. The van der Waals surface area contributed by atoms with Crippen LogP contribution in [0.4, 0.5) is 5.69 Å². The summed E-state index contributed by atoms with van der Waals surface area (Å²) in [6, 6.07) is 3.41. The van der Waals surface area contributed by atoms with Crippen LogP contribution in [0.3, 0.4) is 0 Å². The van der Waals surface area contributed by atoms with E-state index < -0.39 is 10.9 Å². The second-order valence-corrected chi connectivity index (χ2v) is 6.25. The minimum absolute atomic E-state index is 0.0212. The van der Waals surface area contributed by atoms with E-state index in [4.69, 9.17) is 14.6 Å². The van der Waals surface area contributed by atoms with E-state index in [-0.39, 0.29) is 24.3 Å². The summed E-state index contributed by atoms with van der Waals surface area (Å²) in [6.45, 7) is 3.00. The normalized spacial score (nSPS) is 19.1. The standard InChI is InChI=1S/C17H25N3O6/c1-4-19(10-17(21)22)13-6-12(7-13)18-9-11-5-15(25-2)16(26-3)8-14(11)20(23)24/h5,8,12-13,18H,4,6-7,9-10H2,1-3H3,(H,21,22). The number of nitro groups is 1. The lowest BCUT2D eigenvalue weighted by Crippen LogP contribution is -2.53. The molecule has 0 atom stereocenters. The van der Waals surface area contributed by atoms with Gasteiger partial charge in [-0.15, -0.1) is 0 Å². The molecule has 26 heavy (non-hydrogen) atoms. The molecule has 1 aromatic rings. The maximum absolute atomic E-state index is 11.3. The number of carboxylic acid groups (broad SMARTS) is 1. The molecule has 0 spiro atoms. The zero-order valence-electron chi connectivity index (χ0n) is 15.2. The third-order valence-electron chi connectivity index (χ3n) is 4.74. The molecule has 0 aliphatic heterocycles. The van der Waals surface area contributed by atoms with Crippen LogP contribution < -0.4 is 14.8 Å². The summed E-state index contributed by atoms with van der Waals surface area (Å²) >= 11 is 0. The molecule has 2 rings (SSSR count). The fraction of sp³-hybridized carbons (Fsp3) is 0.588. The van der Waals surface area contributed by atoms with Crippen molar-refractivity contribution in [3.8, 4) is 11.5 Å². The molecule has 1 aliphatic rings. The number of nitrogens with zero attached hydrogens (tertiary/aromatic N) is 2. The van der Waals surface area contributed by atoms with Crippen LogP contribution in [-0.4, -0.2) is 60.3 Å². The maximum Gasteiger partial charge on any atom is 0.317 e. The van der Waals surface area contributed by atoms with Gasteiger partial charge in [-0.2, -0.15) is 0 Å². The molecular formula is C17H25N3O6. The van der Waals surface area contributed by atoms with Crippen molar-refractivity contribution in [1.82, 2.24) is 10.2 Å². The Morgan fingerprint density at radius 3 is 2.46 bits per heavy atom. The lowest BCUT2D eigenvalue weighted by molar-refractivity contribution is -0.385. The maximum atomic E-state index is 11.3. The van der Waals surface area contributed by atoms with E-state index in [9.17, 15) is 14.9 Å². The Morgan fingerprint density at radius 1 is 1.35 bits per heavy atom. The average molecular weight is 367 g/mol. The molecule has 1 saturated carbocycles. The molecule has 0 amide bonds. The molecule has 1 fully saturated rings. The molecule has 0 heterocycles. The van der Waals surface area contributed by atoms with Crippen molar-refractivity contribution >= 4 is 11.7 Å². The number of methoxy groups -OCH3 is 2. The van der Waals surface area contributed by atoms with Gasteiger partial charge in [0.05, 0.1) is 31.8 Å². The van der Waals surface area contributed by atoms with Gasteiger partial charge in [-0.25, -0.2) is 0 Å². The van der Waals surface area contributed by atoms with Crippen molar-refractivity contribution in [3.05, 3.63) is 27.8 Å². The SMILES string of the molecule is CCN(CC(=O)O)C1CC(NCc2cc(OC)c(OC)cc2[N+](=O)[O-])C1. The number of aliphatic carboxylic acids is 1. The summed E-state index contributed by atoms with van der Waals surface area (Å²) < 4.78 is 10.3. The van der Waals surface area contributed by atoms with Gasteiger partial charge < -0.3 is 19.9 Å². The van der Waals surface area contributed by atoms with Crippen LogP contribution >= 0.6 is 0 Å². The van der Waals surface area contributed by atoms with Crippen molar-refractivity contribution in [1.29, 1.82) is 0 Å². The van der Waals surface area contributed by atoms with Gasteiger partial charge >= 0.3 is 5.97 Å². The monoisotopic (exact) mass is 367 g/mol. The third kappa shape index (κ3) is 4.61. The fourth-order valence-corrected chi connectivity index (χ4v) is 3.20. The number of ether oxygens (including phenoxy) is 2. The first-order valence-electron chi connectivity index (χ1n) is 8.48. The second kappa shape index (κ2) is 8.81. The fourth-order valence-electron chi connectivity index (χ4n) is 3.20. The Hall–Kier alpha value is -2.39. The molecule has 9 nitrogen and oxygen atoms in total. The summed E-state index contributed by atoms with van der Waals surface area (Å²) in [4.78, 5) is 23.7. The Bertz CT molecular complexity index is 660. The highest BCUT2D eigenvalue weighted by Crippen LogP contribution is 2.35. The van der Waals surface area contributed by atoms with Crippen LogP contribution in [0.1, 0.15) is 25.3 Å². The van der Waals surface area contributed by atoms with Gasteiger partial charge in [0.2, 0.25) is 0 Å². The zero-order chi connectivity index (χ0) is 19.3. The van der Waals surface area contributed by atoms with E-state index in [0.29, 0.717) is 30.2 Å². The number of hydrogen-bond donors (Lipinski definition) is 2. The predicted octanol–water partition coefficient (Wildman–Crippen LogP) is 1.64. The summed E-state index contributed by atoms with van der Waals surface area (Å²) in [5.41, 5.74) is 0.501. The smallest absolute Gasteiger partial charge is 0.317 e. The largest absolute Gasteiger partial charge is 0.493 e. The lowest BCUT2D eigenvalue weighted by atomic mass is 9.85. The molecule has 2 N–H and O–H groups in total. The third-order valence-corrected chi connectivity index (χ3v) is 4.74. The molecule has 0 saturated heterocycles. The van der Waals surface area contributed by atoms with Crippen molar-refractivity contribution in [2.45, 2.75) is 38.4 Å². The Kier molecular flexibility index (Phi) is 6.76. The molecule has 144 valence electrons. The number of rotatable bonds is 10. The van der Waals surface area contributed by atoms with Crippen molar-refractivity contribution in [3.63, 3.8) is 0 Å². The van der Waals surface area contributed by atoms with Gasteiger partial charge in [-0.3, -0.25) is 19.8 Å². The molecule has 1 aliphatic carbocycles. The topological polar surface area (TPSA) is 114 Å². The van der Waals surface area contributed by atoms with Gasteiger partial charge in [0, 0.05) is 24.2 Å². The van der Waals surface area contributed by atoms with E-state index >= 15 is 0 Å². The van der Waals surface area contributed by atoms with Crippen LogP contribution in [0.25, 0.3) is 0 Å². The first kappa shape index (κ1) is 19.9. The number of carboxylic acids is 1. The summed E-state index contributed by atoms with van der Waals surface area (Å²) in [7, 11) is 2.92. The highest BCUT2D eigenvalue weighted by Gasteiger charge is 2.33. The summed E-state index contributed by atoms with van der Waals surface area (Å²) in [5.74, 6) is -0.0665. The molecule has 0 bridgehead atoms. The van der Waals surface area contributed by atoms with Gasteiger partial charge in [0.1, 0.15) is 0 Å². The second-order valence-electron chi connectivity index (χ2n) is 6.25. The van der Waals surface area contributed by atoms with Crippen LogP contribution in [0.5, 0.6) is 11.5 Å². The van der Waals surface area contributed by atoms with Gasteiger partial charge in [0.15, 0.2) is 11.5 Å². The number of nitrogens with one attached hydrogen (secondary N) is 1. The number of likely N-dealkylation sites (N-methyl/N-ethyl adjacent to an activating group) is 1. The first-order chi connectivity index (χ1) is 12.4. The Labute approximate surface area is 152 Å². The van der Waals surface area contributed by atoms with Crippen molar-refractivity contribution in [2.75, 3.05) is 27.3 Å². The molecule has 0 unspecified atom stereocenters. The van der Waals surface area contributed by atoms with Crippen molar-refractivity contribution < 1.29 is 24.3 Å². The zero-order valence-corrected chi connectivity index (χ0v) is 15.2. The van der Waals surface area contributed by atoms with E-state index in [1.54, 1.807) is 6.07 Å². The highest BCUT2D eigenvalue weighted by atomic mass is 16.6. The van der Waals surface area contributed by atoms with E-state index in [1.165, 1.54) is 20.3 Å². The highest BCUT2D eigenvalue weighted by molar-refractivity contribution is 5.69. The number of benzene rings is 1. The molecule has 0 aromatic heterocycles. The van der Waals surface area contributed by atoms with E-state index in [0.717, 1.165) is 12.8 Å². The van der Waals surface area contributed by atoms with E-state index in [2.05, 4.69) is 5.32 Å². The Balaban J connectivity index is 1.98. The number of nitro benzene ring substituents is 1. The number of hydrogen-bond acceptors (Lipinski definition) is 7. The quantitative estimate of drug-likeness (QED) is 0.474. The number of carbonyl (C=O) groups is 1. The van der Waals surface area contributed by atoms with Gasteiger partial charge in [-0.05, 0) is 25.5 Å². The minimum atomic E-state index is -0.829. The Morgan fingerprint density at radius 2 is 1.96 bits per heavy atom. The van der Waals surface area contributed by atoms with Crippen LogP contribution in [-0.2, 0) is 11.3 Å². The summed E-state index contributed by atoms with van der Waals surface area (Å²) in [6.07, 6.45) is 1.64. The predicted molar refractivity (Wildman–Crippen MR) is 94.7 cm³/mol. The minimum Gasteiger partial charge on any atom is -0.493 e. The molecule has 9 heteroatoms. The molecule has 0 radical (unpaired) electrons.